The Labute approximate surface area is 189 Å². The largest absolute Gasteiger partial charge is 0.516 e. The van der Waals surface area contributed by atoms with Crippen molar-refractivity contribution in [3.8, 4) is 0 Å². The maximum absolute atomic E-state index is 13.2. The molecule has 8 nitrogen and oxygen atoms in total. The van der Waals surface area contributed by atoms with Crippen molar-refractivity contribution in [1.82, 2.24) is 8.61 Å². The van der Waals surface area contributed by atoms with Gasteiger partial charge in [-0.2, -0.15) is 43.2 Å². The van der Waals surface area contributed by atoms with Gasteiger partial charge in [0.15, 0.2) is 0 Å². The summed E-state index contributed by atoms with van der Waals surface area (Å²) in [5.41, 5.74) is -12.8. The van der Waals surface area contributed by atoms with Crippen LogP contribution in [0.25, 0.3) is 0 Å². The van der Waals surface area contributed by atoms with Crippen molar-refractivity contribution in [2.75, 3.05) is 0 Å². The number of rotatable bonds is 6. The maximum atomic E-state index is 13.2. The minimum Gasteiger partial charge on any atom is -0.262 e. The topological polar surface area (TPSA) is 109 Å². The molecule has 0 spiro atoms. The molecule has 0 radical (unpaired) electrons. The van der Waals surface area contributed by atoms with E-state index in [0.29, 0.717) is 0 Å². The van der Waals surface area contributed by atoms with Gasteiger partial charge < -0.3 is 0 Å². The van der Waals surface area contributed by atoms with Crippen LogP contribution in [0.2, 0.25) is 0 Å². The van der Waals surface area contributed by atoms with E-state index in [2.05, 4.69) is 0 Å². The lowest BCUT2D eigenvalue weighted by atomic mass is 10.2. The van der Waals surface area contributed by atoms with Gasteiger partial charge in [-0.15, -0.1) is 0 Å². The quantitative estimate of drug-likeness (QED) is 0.418. The molecule has 16 heteroatoms. The molecule has 0 saturated carbocycles. The fraction of sp³-hybridized carbons (Fsp3) is 0.222. The number of sulfonamides is 2. The lowest BCUT2D eigenvalue weighted by Crippen LogP contribution is -2.53. The number of halogens is 6. The number of alkyl halides is 6. The normalized spacial score (nSPS) is 12.8. The van der Waals surface area contributed by atoms with E-state index in [-0.39, 0.29) is 11.1 Å². The predicted octanol–water partition coefficient (Wildman–Crippen LogP) is 2.74. The van der Waals surface area contributed by atoms with Crippen LogP contribution in [0.5, 0.6) is 0 Å². The van der Waals surface area contributed by atoms with E-state index in [0.717, 1.165) is 24.3 Å². The van der Waals surface area contributed by atoms with Crippen molar-refractivity contribution in [2.45, 2.75) is 24.1 Å². The lowest BCUT2D eigenvalue weighted by molar-refractivity contribution is -0.147. The number of nitrogens with zero attached hydrogens (tertiary/aromatic N) is 2. The number of amides is 2. The highest BCUT2D eigenvalue weighted by Crippen LogP contribution is 2.31. The molecular formula is C18H14F6N2O6S2. The van der Waals surface area contributed by atoms with Gasteiger partial charge in [-0.3, -0.25) is 9.59 Å². The predicted molar refractivity (Wildman–Crippen MR) is 104 cm³/mol. The molecule has 0 aliphatic rings. The molecule has 0 bridgehead atoms. The van der Waals surface area contributed by atoms with E-state index >= 15 is 0 Å². The second kappa shape index (κ2) is 9.61. The van der Waals surface area contributed by atoms with Gasteiger partial charge in [-0.1, -0.05) is 60.7 Å². The molecule has 2 aromatic rings. The van der Waals surface area contributed by atoms with Crippen molar-refractivity contribution in [3.63, 3.8) is 0 Å². The molecule has 2 aromatic carbocycles. The van der Waals surface area contributed by atoms with Crippen molar-refractivity contribution in [3.05, 3.63) is 71.8 Å². The highest BCUT2D eigenvalue weighted by molar-refractivity contribution is 7.91. The van der Waals surface area contributed by atoms with Crippen molar-refractivity contribution in [1.29, 1.82) is 0 Å². The van der Waals surface area contributed by atoms with Crippen LogP contribution in [0.15, 0.2) is 60.7 Å². The second-order valence-electron chi connectivity index (χ2n) is 6.50. The number of carbonyl (C=O) groups is 2. The summed E-state index contributed by atoms with van der Waals surface area (Å²) in [5.74, 6) is -5.30. The van der Waals surface area contributed by atoms with Crippen LogP contribution in [-0.2, 0) is 42.7 Å². The molecule has 0 heterocycles. The second-order valence-corrected chi connectivity index (χ2v) is 10.2. The molecule has 0 fully saturated rings. The third kappa shape index (κ3) is 5.67. The first-order valence-electron chi connectivity index (χ1n) is 8.84. The Morgan fingerprint density at radius 1 is 0.588 bits per heavy atom. The van der Waals surface area contributed by atoms with E-state index in [4.69, 9.17) is 0 Å². The van der Waals surface area contributed by atoms with E-state index in [1.165, 1.54) is 36.4 Å². The zero-order valence-electron chi connectivity index (χ0n) is 16.6. The Hall–Kier alpha value is -3.14. The summed E-state index contributed by atoms with van der Waals surface area (Å²) in [6, 6.07) is 12.1. The number of benzene rings is 2. The Bertz CT molecular complexity index is 1150. The summed E-state index contributed by atoms with van der Waals surface area (Å²) in [6.45, 7) is -2.81. The van der Waals surface area contributed by atoms with Crippen LogP contribution in [0.3, 0.4) is 0 Å². The number of hydrogen-bond acceptors (Lipinski definition) is 6. The first-order valence-corrected chi connectivity index (χ1v) is 11.7. The van der Waals surface area contributed by atoms with Crippen molar-refractivity contribution in [2.24, 2.45) is 0 Å². The molecule has 186 valence electrons. The highest BCUT2D eigenvalue weighted by atomic mass is 32.2. The van der Waals surface area contributed by atoms with Gasteiger partial charge in [0.1, 0.15) is 0 Å². The van der Waals surface area contributed by atoms with Gasteiger partial charge in [0, 0.05) is 0 Å². The Kier molecular flexibility index (Phi) is 7.67. The van der Waals surface area contributed by atoms with Gasteiger partial charge in [0.2, 0.25) is 0 Å². The molecular weight excluding hydrogens is 518 g/mol. The summed E-state index contributed by atoms with van der Waals surface area (Å²) < 4.78 is 125. The van der Waals surface area contributed by atoms with Gasteiger partial charge in [-0.25, -0.2) is 8.61 Å². The molecule has 0 aliphatic carbocycles. The molecule has 34 heavy (non-hydrogen) atoms. The van der Waals surface area contributed by atoms with E-state index < -0.39 is 64.6 Å². The summed E-state index contributed by atoms with van der Waals surface area (Å²) in [5, 5.41) is 0. The number of hydrogen-bond donors (Lipinski definition) is 0. The van der Waals surface area contributed by atoms with Crippen LogP contribution < -0.4 is 0 Å². The van der Waals surface area contributed by atoms with Crippen molar-refractivity contribution >= 4 is 31.9 Å². The summed E-state index contributed by atoms with van der Waals surface area (Å²) in [4.78, 5) is 25.1. The molecule has 0 N–H and O–H groups in total. The molecule has 0 saturated heterocycles. The lowest BCUT2D eigenvalue weighted by Gasteiger charge is -2.27. The molecule has 0 aliphatic heterocycles. The standard InChI is InChI=1S/C18H14F6N2O6S2/c19-17(20,21)33(29,30)25(11-13-7-3-1-4-8-13)15(27)16(28)26(34(31,32)18(22,23)24)12-14-9-5-2-6-10-14/h1-10H,11-12H2. The average Bonchev–Trinajstić information content (AvgIpc) is 2.74. The Balaban J connectivity index is 2.60. The fourth-order valence-electron chi connectivity index (χ4n) is 2.49. The third-order valence-electron chi connectivity index (χ3n) is 4.14. The zero-order chi connectivity index (χ0) is 25.9. The molecule has 2 amide bonds. The SMILES string of the molecule is O=C(C(=O)N(Cc1ccccc1)S(=O)(=O)C(F)(F)F)N(Cc1ccccc1)S(=O)(=O)C(F)(F)F. The smallest absolute Gasteiger partial charge is 0.262 e. The van der Waals surface area contributed by atoms with Gasteiger partial charge >= 0.3 is 42.9 Å². The van der Waals surface area contributed by atoms with Crippen LogP contribution in [0, 0.1) is 0 Å². The van der Waals surface area contributed by atoms with Crippen LogP contribution in [0.4, 0.5) is 26.3 Å². The van der Waals surface area contributed by atoms with Gasteiger partial charge in [0.05, 0.1) is 13.1 Å². The third-order valence-corrected chi connectivity index (χ3v) is 7.06. The monoisotopic (exact) mass is 532 g/mol. The maximum Gasteiger partial charge on any atom is 0.516 e. The minimum atomic E-state index is -6.61. The molecule has 0 aromatic heterocycles. The molecule has 2 rings (SSSR count). The average molecular weight is 532 g/mol. The summed E-state index contributed by atoms with van der Waals surface area (Å²) in [6.07, 6.45) is 0. The Morgan fingerprint density at radius 2 is 0.853 bits per heavy atom. The molecule has 0 unspecified atom stereocenters. The van der Waals surface area contributed by atoms with E-state index in [1.54, 1.807) is 0 Å². The number of carbonyl (C=O) groups excluding carboxylic acids is 2. The fourth-order valence-corrected chi connectivity index (χ4v) is 4.22. The van der Waals surface area contributed by atoms with Crippen LogP contribution in [0.1, 0.15) is 11.1 Å². The zero-order valence-corrected chi connectivity index (χ0v) is 18.2. The summed E-state index contributed by atoms with van der Waals surface area (Å²) in [7, 11) is -13.2. The first kappa shape index (κ1) is 27.1. The first-order chi connectivity index (χ1) is 15.5. The van der Waals surface area contributed by atoms with Gasteiger partial charge in [-0.05, 0) is 11.1 Å². The minimum absolute atomic E-state index is 0.246. The van der Waals surface area contributed by atoms with E-state index in [9.17, 15) is 52.8 Å². The summed E-state index contributed by atoms with van der Waals surface area (Å²) >= 11 is 0. The highest BCUT2D eigenvalue weighted by Gasteiger charge is 2.57. The van der Waals surface area contributed by atoms with Crippen LogP contribution >= 0.6 is 0 Å². The van der Waals surface area contributed by atoms with Crippen molar-refractivity contribution < 1.29 is 52.8 Å². The van der Waals surface area contributed by atoms with Crippen LogP contribution in [-0.4, -0.2) is 48.3 Å². The van der Waals surface area contributed by atoms with E-state index in [1.807, 2.05) is 0 Å². The molecule has 0 atom stereocenters. The van der Waals surface area contributed by atoms with Gasteiger partial charge in [0.25, 0.3) is 0 Å². The Morgan fingerprint density at radius 3 is 1.09 bits per heavy atom.